The van der Waals surface area contributed by atoms with Crippen molar-refractivity contribution in [2.75, 3.05) is 26.4 Å². The number of hydrogen-bond acceptors (Lipinski definition) is 4. The molecule has 1 aliphatic rings. The lowest BCUT2D eigenvalue weighted by Crippen LogP contribution is -2.47. The van der Waals surface area contributed by atoms with Crippen LogP contribution in [0, 0.1) is 0 Å². The van der Waals surface area contributed by atoms with E-state index in [1.165, 1.54) is 0 Å². The molecule has 0 unspecified atom stereocenters. The van der Waals surface area contributed by atoms with Gasteiger partial charge in [0.15, 0.2) is 0 Å². The molecule has 2 heterocycles. The zero-order chi connectivity index (χ0) is 17.5. The van der Waals surface area contributed by atoms with Crippen LogP contribution in [0.1, 0.15) is 24.1 Å². The lowest BCUT2D eigenvalue weighted by Gasteiger charge is -2.35. The Labute approximate surface area is 147 Å². The van der Waals surface area contributed by atoms with E-state index in [1.54, 1.807) is 6.20 Å². The molecular formula is C19H23N3O3. The van der Waals surface area contributed by atoms with Crippen LogP contribution in [-0.4, -0.2) is 42.3 Å². The molecule has 132 valence electrons. The molecule has 0 aliphatic carbocycles. The van der Waals surface area contributed by atoms with Gasteiger partial charge in [0, 0.05) is 24.8 Å². The zero-order valence-corrected chi connectivity index (χ0v) is 14.4. The molecule has 1 fully saturated rings. The zero-order valence-electron chi connectivity index (χ0n) is 14.4. The van der Waals surface area contributed by atoms with Crippen molar-refractivity contribution in [2.45, 2.75) is 19.5 Å². The predicted octanol–water partition coefficient (Wildman–Crippen LogP) is 2.76. The molecule has 0 saturated carbocycles. The summed E-state index contributed by atoms with van der Waals surface area (Å²) in [5.41, 5.74) is 1.94. The number of nitrogens with zero attached hydrogens (tertiary/aromatic N) is 2. The Morgan fingerprint density at radius 1 is 1.32 bits per heavy atom. The molecule has 25 heavy (non-hydrogen) atoms. The summed E-state index contributed by atoms with van der Waals surface area (Å²) in [5, 5.41) is 2.98. The van der Waals surface area contributed by atoms with Crippen LogP contribution in [0.15, 0.2) is 48.7 Å². The Hall–Kier alpha value is -2.60. The Morgan fingerprint density at radius 3 is 2.96 bits per heavy atom. The van der Waals surface area contributed by atoms with Gasteiger partial charge in [-0.2, -0.15) is 0 Å². The molecular weight excluding hydrogens is 318 g/mol. The number of carbonyl (C=O) groups is 1. The molecule has 0 bridgehead atoms. The fourth-order valence-corrected chi connectivity index (χ4v) is 2.90. The maximum atomic E-state index is 12.7. The van der Waals surface area contributed by atoms with E-state index in [0.717, 1.165) is 11.1 Å². The van der Waals surface area contributed by atoms with Crippen molar-refractivity contribution in [1.82, 2.24) is 15.2 Å². The molecule has 2 aromatic rings. The summed E-state index contributed by atoms with van der Waals surface area (Å²) >= 11 is 0. The second-order valence-electron chi connectivity index (χ2n) is 5.75. The summed E-state index contributed by atoms with van der Waals surface area (Å²) in [4.78, 5) is 18.8. The van der Waals surface area contributed by atoms with Gasteiger partial charge in [0.2, 0.25) is 5.88 Å². The highest BCUT2D eigenvalue weighted by Gasteiger charge is 2.28. The Bertz CT molecular complexity index is 693. The minimum Gasteiger partial charge on any atom is -0.478 e. The molecule has 1 saturated heterocycles. The molecule has 6 nitrogen and oxygen atoms in total. The lowest BCUT2D eigenvalue weighted by molar-refractivity contribution is 0.0116. The van der Waals surface area contributed by atoms with Crippen LogP contribution in [-0.2, 0) is 11.3 Å². The van der Waals surface area contributed by atoms with Crippen molar-refractivity contribution in [1.29, 1.82) is 0 Å². The van der Waals surface area contributed by atoms with E-state index in [2.05, 4.69) is 10.3 Å². The fourth-order valence-electron chi connectivity index (χ4n) is 2.90. The molecule has 1 atom stereocenters. The van der Waals surface area contributed by atoms with Crippen LogP contribution in [0.4, 0.5) is 4.79 Å². The first kappa shape index (κ1) is 17.2. The van der Waals surface area contributed by atoms with Gasteiger partial charge >= 0.3 is 6.03 Å². The molecule has 6 heteroatoms. The van der Waals surface area contributed by atoms with Crippen molar-refractivity contribution in [2.24, 2.45) is 0 Å². The number of aromatic nitrogens is 1. The summed E-state index contributed by atoms with van der Waals surface area (Å²) in [6.07, 6.45) is 1.68. The number of amides is 2. The van der Waals surface area contributed by atoms with Gasteiger partial charge in [0.05, 0.1) is 25.9 Å². The van der Waals surface area contributed by atoms with E-state index >= 15 is 0 Å². The molecule has 1 aromatic heterocycles. The van der Waals surface area contributed by atoms with E-state index in [4.69, 9.17) is 9.47 Å². The average molecular weight is 341 g/mol. The summed E-state index contributed by atoms with van der Waals surface area (Å²) in [5.74, 6) is 0.562. The number of carbonyl (C=O) groups excluding carboxylic acids is 1. The summed E-state index contributed by atoms with van der Waals surface area (Å²) in [6, 6.07) is 13.5. The monoisotopic (exact) mass is 341 g/mol. The van der Waals surface area contributed by atoms with Crippen LogP contribution in [0.5, 0.6) is 5.88 Å². The van der Waals surface area contributed by atoms with Crippen LogP contribution in [0.2, 0.25) is 0 Å². The maximum Gasteiger partial charge on any atom is 0.318 e. The van der Waals surface area contributed by atoms with Crippen molar-refractivity contribution < 1.29 is 14.3 Å². The van der Waals surface area contributed by atoms with Gasteiger partial charge in [-0.15, -0.1) is 0 Å². The normalized spacial score (nSPS) is 17.2. The van der Waals surface area contributed by atoms with Gasteiger partial charge < -0.3 is 19.7 Å². The van der Waals surface area contributed by atoms with Gasteiger partial charge in [0.25, 0.3) is 0 Å². The number of rotatable bonds is 5. The lowest BCUT2D eigenvalue weighted by atomic mass is 10.1. The number of benzene rings is 1. The third kappa shape index (κ3) is 4.28. The third-order valence-electron chi connectivity index (χ3n) is 4.13. The number of pyridine rings is 1. The SMILES string of the molecule is CCOc1ncccc1CNC(=O)N1CCOC[C@@H]1c1ccccc1. The van der Waals surface area contributed by atoms with E-state index < -0.39 is 0 Å². The molecule has 3 rings (SSSR count). The van der Waals surface area contributed by atoms with Gasteiger partial charge in [-0.05, 0) is 18.6 Å². The first-order valence-corrected chi connectivity index (χ1v) is 8.53. The number of urea groups is 1. The average Bonchev–Trinajstić information content (AvgIpc) is 2.68. The molecule has 1 N–H and O–H groups in total. The molecule has 1 aliphatic heterocycles. The van der Waals surface area contributed by atoms with E-state index in [0.29, 0.717) is 38.8 Å². The van der Waals surface area contributed by atoms with E-state index in [1.807, 2.05) is 54.3 Å². The van der Waals surface area contributed by atoms with Gasteiger partial charge in [0.1, 0.15) is 0 Å². The predicted molar refractivity (Wildman–Crippen MR) is 94.3 cm³/mol. The van der Waals surface area contributed by atoms with E-state index in [9.17, 15) is 4.79 Å². The van der Waals surface area contributed by atoms with Crippen molar-refractivity contribution in [3.63, 3.8) is 0 Å². The summed E-state index contributed by atoms with van der Waals surface area (Å²) in [7, 11) is 0. The second kappa shape index (κ2) is 8.48. The Balaban J connectivity index is 1.67. The van der Waals surface area contributed by atoms with Crippen LogP contribution in [0.25, 0.3) is 0 Å². The highest BCUT2D eigenvalue weighted by Crippen LogP contribution is 2.24. The van der Waals surface area contributed by atoms with Crippen LogP contribution < -0.4 is 10.1 Å². The number of morpholine rings is 1. The van der Waals surface area contributed by atoms with E-state index in [-0.39, 0.29) is 12.1 Å². The van der Waals surface area contributed by atoms with Crippen molar-refractivity contribution in [3.8, 4) is 5.88 Å². The van der Waals surface area contributed by atoms with Gasteiger partial charge in [-0.25, -0.2) is 9.78 Å². The van der Waals surface area contributed by atoms with Crippen LogP contribution in [0.3, 0.4) is 0 Å². The largest absolute Gasteiger partial charge is 0.478 e. The summed E-state index contributed by atoms with van der Waals surface area (Å²) < 4.78 is 11.1. The summed E-state index contributed by atoms with van der Waals surface area (Å²) in [6.45, 7) is 4.45. The fraction of sp³-hybridized carbons (Fsp3) is 0.368. The van der Waals surface area contributed by atoms with Gasteiger partial charge in [-0.3, -0.25) is 0 Å². The highest BCUT2D eigenvalue weighted by atomic mass is 16.5. The smallest absolute Gasteiger partial charge is 0.318 e. The Kier molecular flexibility index (Phi) is 5.85. The first-order valence-electron chi connectivity index (χ1n) is 8.53. The number of nitrogens with one attached hydrogen (secondary N) is 1. The van der Waals surface area contributed by atoms with Crippen LogP contribution >= 0.6 is 0 Å². The number of hydrogen-bond donors (Lipinski definition) is 1. The second-order valence-corrected chi connectivity index (χ2v) is 5.75. The topological polar surface area (TPSA) is 63.7 Å². The highest BCUT2D eigenvalue weighted by molar-refractivity contribution is 5.75. The van der Waals surface area contributed by atoms with Gasteiger partial charge in [-0.1, -0.05) is 36.4 Å². The molecule has 0 radical (unpaired) electrons. The molecule has 2 amide bonds. The third-order valence-corrected chi connectivity index (χ3v) is 4.13. The first-order chi connectivity index (χ1) is 12.3. The number of ether oxygens (including phenoxy) is 2. The quantitative estimate of drug-likeness (QED) is 0.908. The molecule has 0 spiro atoms. The maximum absolute atomic E-state index is 12.7. The minimum atomic E-state index is -0.108. The Morgan fingerprint density at radius 2 is 2.16 bits per heavy atom. The minimum absolute atomic E-state index is 0.0739. The molecule has 1 aromatic carbocycles. The van der Waals surface area contributed by atoms with Crippen molar-refractivity contribution >= 4 is 6.03 Å². The van der Waals surface area contributed by atoms with Crippen molar-refractivity contribution in [3.05, 3.63) is 59.8 Å². The standard InChI is InChI=1S/C19H23N3O3/c1-2-25-18-16(9-6-10-20-18)13-21-19(23)22-11-12-24-14-17(22)15-7-4-3-5-8-15/h3-10,17H,2,11-14H2,1H3,(H,21,23)/t17-/m1/s1.